The molecular weight excluding hydrogens is 528 g/mol. The molecule has 9 heteroatoms. The highest BCUT2D eigenvalue weighted by Crippen LogP contribution is 2.34. The maximum atomic E-state index is 13.6. The highest BCUT2D eigenvalue weighted by molar-refractivity contribution is 7.99. The van der Waals surface area contributed by atoms with Crippen molar-refractivity contribution in [1.29, 1.82) is 0 Å². The highest BCUT2D eigenvalue weighted by Gasteiger charge is 2.22. The van der Waals surface area contributed by atoms with E-state index in [-0.39, 0.29) is 17.2 Å². The summed E-state index contributed by atoms with van der Waals surface area (Å²) in [5.74, 6) is 0.726. The lowest BCUT2D eigenvalue weighted by Crippen LogP contribution is -2.32. The number of aromatic nitrogens is 3. The van der Waals surface area contributed by atoms with E-state index in [9.17, 15) is 9.59 Å². The van der Waals surface area contributed by atoms with Gasteiger partial charge >= 0.3 is 0 Å². The quantitative estimate of drug-likeness (QED) is 0.172. The molecule has 0 fully saturated rings. The van der Waals surface area contributed by atoms with Crippen molar-refractivity contribution in [3.8, 4) is 28.3 Å². The van der Waals surface area contributed by atoms with E-state index in [0.29, 0.717) is 22.5 Å². The Bertz CT molecular complexity index is 1620. The number of thiazole rings is 1. The van der Waals surface area contributed by atoms with Gasteiger partial charge in [-0.25, -0.2) is 9.97 Å². The highest BCUT2D eigenvalue weighted by atomic mass is 32.2. The summed E-state index contributed by atoms with van der Waals surface area (Å²) in [4.78, 5) is 40.9. The number of carbonyl (C=O) groups excluding carboxylic acids is 1. The molecule has 7 nitrogen and oxygen atoms in total. The predicted molar refractivity (Wildman–Crippen MR) is 157 cm³/mol. The fourth-order valence-corrected chi connectivity index (χ4v) is 5.71. The molecule has 1 N–H and O–H groups in total. The van der Waals surface area contributed by atoms with E-state index in [1.165, 1.54) is 29.2 Å². The van der Waals surface area contributed by atoms with E-state index in [0.717, 1.165) is 33.0 Å². The molecule has 196 valence electrons. The molecule has 0 aliphatic carbocycles. The first-order chi connectivity index (χ1) is 19.0. The number of rotatable bonds is 9. The van der Waals surface area contributed by atoms with Crippen LogP contribution >= 0.6 is 23.1 Å². The molecule has 0 spiro atoms. The average Bonchev–Trinajstić information content (AvgIpc) is 3.36. The Kier molecular flexibility index (Phi) is 8.19. The van der Waals surface area contributed by atoms with Gasteiger partial charge < -0.3 is 9.72 Å². The SMILES string of the molecule is COc1ccc(-c2nc(N(Cc3ccccc3)C(=O)CSc3nc(-c4ccccc4)cc(=O)[nH]3)sc2C)cc1. The van der Waals surface area contributed by atoms with Gasteiger partial charge in [0.25, 0.3) is 5.56 Å². The van der Waals surface area contributed by atoms with Gasteiger partial charge in [0.15, 0.2) is 10.3 Å². The zero-order chi connectivity index (χ0) is 27.2. The van der Waals surface area contributed by atoms with Gasteiger partial charge in [0.2, 0.25) is 5.91 Å². The zero-order valence-electron chi connectivity index (χ0n) is 21.5. The predicted octanol–water partition coefficient (Wildman–Crippen LogP) is 6.20. The normalized spacial score (nSPS) is 10.8. The molecule has 3 aromatic carbocycles. The first-order valence-corrected chi connectivity index (χ1v) is 14.1. The number of hydrogen-bond donors (Lipinski definition) is 1. The van der Waals surface area contributed by atoms with Gasteiger partial charge in [-0.05, 0) is 36.8 Å². The molecule has 0 aliphatic heterocycles. The van der Waals surface area contributed by atoms with Crippen molar-refractivity contribution in [3.05, 3.63) is 112 Å². The Hall–Kier alpha value is -4.21. The summed E-state index contributed by atoms with van der Waals surface area (Å²) in [6.45, 7) is 2.38. The third kappa shape index (κ3) is 6.45. The van der Waals surface area contributed by atoms with Crippen molar-refractivity contribution in [2.45, 2.75) is 18.6 Å². The van der Waals surface area contributed by atoms with Gasteiger partial charge in [0, 0.05) is 22.1 Å². The summed E-state index contributed by atoms with van der Waals surface area (Å²) in [5.41, 5.74) is 3.92. The first-order valence-electron chi connectivity index (χ1n) is 12.3. The van der Waals surface area contributed by atoms with Crippen LogP contribution in [-0.2, 0) is 11.3 Å². The molecule has 1 amide bonds. The van der Waals surface area contributed by atoms with Crippen LogP contribution < -0.4 is 15.2 Å². The van der Waals surface area contributed by atoms with Crippen molar-refractivity contribution in [3.63, 3.8) is 0 Å². The monoisotopic (exact) mass is 554 g/mol. The van der Waals surface area contributed by atoms with E-state index in [2.05, 4.69) is 9.97 Å². The van der Waals surface area contributed by atoms with Gasteiger partial charge in [-0.2, -0.15) is 0 Å². The largest absolute Gasteiger partial charge is 0.497 e. The molecule has 2 aromatic heterocycles. The molecule has 0 bridgehead atoms. The van der Waals surface area contributed by atoms with Crippen molar-refractivity contribution in [2.24, 2.45) is 0 Å². The fourth-order valence-electron chi connectivity index (χ4n) is 4.01. The second kappa shape index (κ2) is 12.1. The van der Waals surface area contributed by atoms with Crippen LogP contribution in [0.25, 0.3) is 22.5 Å². The van der Waals surface area contributed by atoms with Gasteiger partial charge in [0.1, 0.15) is 5.75 Å². The average molecular weight is 555 g/mol. The third-order valence-electron chi connectivity index (χ3n) is 5.99. The van der Waals surface area contributed by atoms with Crippen molar-refractivity contribution < 1.29 is 9.53 Å². The Balaban J connectivity index is 1.40. The zero-order valence-corrected chi connectivity index (χ0v) is 23.1. The molecule has 0 atom stereocenters. The van der Waals surface area contributed by atoms with Crippen LogP contribution in [0.1, 0.15) is 10.4 Å². The smallest absolute Gasteiger partial charge is 0.252 e. The van der Waals surface area contributed by atoms with E-state index < -0.39 is 0 Å². The summed E-state index contributed by atoms with van der Waals surface area (Å²) in [6.07, 6.45) is 0. The maximum absolute atomic E-state index is 13.6. The number of carbonyl (C=O) groups is 1. The lowest BCUT2D eigenvalue weighted by Gasteiger charge is -2.20. The minimum atomic E-state index is -0.264. The van der Waals surface area contributed by atoms with Crippen molar-refractivity contribution >= 4 is 34.1 Å². The lowest BCUT2D eigenvalue weighted by atomic mass is 10.1. The lowest BCUT2D eigenvalue weighted by molar-refractivity contribution is -0.116. The molecule has 0 aliphatic rings. The Morgan fingerprint density at radius 2 is 1.64 bits per heavy atom. The summed E-state index contributed by atoms with van der Waals surface area (Å²) < 4.78 is 5.28. The van der Waals surface area contributed by atoms with Crippen LogP contribution in [-0.4, -0.2) is 33.7 Å². The Morgan fingerprint density at radius 3 is 2.33 bits per heavy atom. The number of thioether (sulfide) groups is 1. The summed E-state index contributed by atoms with van der Waals surface area (Å²) in [7, 11) is 1.63. The Labute approximate surface area is 234 Å². The van der Waals surface area contributed by atoms with E-state index >= 15 is 0 Å². The van der Waals surface area contributed by atoms with E-state index in [1.807, 2.05) is 91.9 Å². The Morgan fingerprint density at radius 1 is 0.949 bits per heavy atom. The number of aryl methyl sites for hydroxylation is 1. The molecule has 0 unspecified atom stereocenters. The van der Waals surface area contributed by atoms with Crippen LogP contribution in [0.3, 0.4) is 0 Å². The maximum Gasteiger partial charge on any atom is 0.252 e. The van der Waals surface area contributed by atoms with Crippen LogP contribution in [0.5, 0.6) is 5.75 Å². The number of hydrogen-bond acceptors (Lipinski definition) is 7. The number of benzene rings is 3. The second-order valence-corrected chi connectivity index (χ2v) is 10.8. The van der Waals surface area contributed by atoms with Crippen LogP contribution in [0, 0.1) is 6.92 Å². The topological polar surface area (TPSA) is 88.2 Å². The fraction of sp³-hybridized carbons (Fsp3) is 0.133. The van der Waals surface area contributed by atoms with Gasteiger partial charge in [0.05, 0.1) is 30.8 Å². The molecule has 5 aromatic rings. The van der Waals surface area contributed by atoms with Gasteiger partial charge in [-0.1, -0.05) is 72.4 Å². The van der Waals surface area contributed by atoms with Crippen LogP contribution in [0.4, 0.5) is 5.13 Å². The van der Waals surface area contributed by atoms with Crippen molar-refractivity contribution in [1.82, 2.24) is 15.0 Å². The molecule has 2 heterocycles. The minimum Gasteiger partial charge on any atom is -0.497 e. The first kappa shape index (κ1) is 26.4. The van der Waals surface area contributed by atoms with Crippen LogP contribution in [0.15, 0.2) is 101 Å². The molecule has 0 radical (unpaired) electrons. The summed E-state index contributed by atoms with van der Waals surface area (Å²) in [5, 5.41) is 1.01. The number of aromatic amines is 1. The van der Waals surface area contributed by atoms with Gasteiger partial charge in [-0.15, -0.1) is 11.3 Å². The minimum absolute atomic E-state index is 0.0878. The van der Waals surface area contributed by atoms with Crippen LogP contribution in [0.2, 0.25) is 0 Å². The summed E-state index contributed by atoms with van der Waals surface area (Å²) >= 11 is 2.68. The third-order valence-corrected chi connectivity index (χ3v) is 7.84. The number of anilines is 1. The number of nitrogens with zero attached hydrogens (tertiary/aromatic N) is 3. The number of methoxy groups -OCH3 is 1. The number of amides is 1. The van der Waals surface area contributed by atoms with Gasteiger partial charge in [-0.3, -0.25) is 14.5 Å². The second-order valence-electron chi connectivity index (χ2n) is 8.69. The molecule has 0 saturated heterocycles. The van der Waals surface area contributed by atoms with E-state index in [4.69, 9.17) is 9.72 Å². The summed E-state index contributed by atoms with van der Waals surface area (Å²) in [6, 6.07) is 28.5. The number of H-pyrrole nitrogens is 1. The molecule has 39 heavy (non-hydrogen) atoms. The molecule has 0 saturated carbocycles. The molecular formula is C30H26N4O3S2. The number of nitrogens with one attached hydrogen (secondary N) is 1. The van der Waals surface area contributed by atoms with Crippen molar-refractivity contribution in [2.75, 3.05) is 17.8 Å². The standard InChI is InChI=1S/C30H26N4O3S2/c1-20-28(23-13-15-24(37-2)16-14-23)33-30(39-20)34(18-21-9-5-3-6-10-21)27(36)19-38-29-31-25(17-26(35)32-29)22-11-7-4-8-12-22/h3-17H,18-19H2,1-2H3,(H,31,32,35). The number of ether oxygens (including phenoxy) is 1. The molecule has 5 rings (SSSR count). The van der Waals surface area contributed by atoms with E-state index in [1.54, 1.807) is 12.0 Å².